The van der Waals surface area contributed by atoms with E-state index in [0.29, 0.717) is 11.7 Å². The molecule has 1 aromatic rings. The molecule has 0 saturated carbocycles. The fourth-order valence-electron chi connectivity index (χ4n) is 1.67. The molecule has 1 amide bonds. The third kappa shape index (κ3) is 1.77. The molecule has 14 heavy (non-hydrogen) atoms. The third-order valence-corrected chi connectivity index (χ3v) is 2.50. The minimum absolute atomic E-state index is 0.0381. The predicted octanol–water partition coefficient (Wildman–Crippen LogP) is 0.611. The number of rotatable bonds is 2. The Morgan fingerprint density at radius 1 is 1.79 bits per heavy atom. The van der Waals surface area contributed by atoms with Crippen LogP contribution in [0, 0.1) is 5.92 Å². The summed E-state index contributed by atoms with van der Waals surface area (Å²) in [7, 11) is 0. The number of nitrogens with zero attached hydrogens (tertiary/aromatic N) is 1. The molecule has 2 heterocycles. The van der Waals surface area contributed by atoms with Crippen molar-refractivity contribution in [1.29, 1.82) is 0 Å². The fourth-order valence-corrected chi connectivity index (χ4v) is 1.67. The van der Waals surface area contributed by atoms with Crippen molar-refractivity contribution in [3.63, 3.8) is 0 Å². The zero-order valence-corrected chi connectivity index (χ0v) is 7.99. The van der Waals surface area contributed by atoms with Crippen LogP contribution in [0.5, 0.6) is 0 Å². The SMILES string of the molecule is CC1CCNC1C(=O)Nc1ccon1. The van der Waals surface area contributed by atoms with E-state index in [1.807, 2.05) is 0 Å². The Hall–Kier alpha value is -1.36. The van der Waals surface area contributed by atoms with E-state index in [9.17, 15) is 4.79 Å². The zero-order chi connectivity index (χ0) is 9.97. The lowest BCUT2D eigenvalue weighted by Crippen LogP contribution is -2.39. The summed E-state index contributed by atoms with van der Waals surface area (Å²) in [6.45, 7) is 2.96. The number of carbonyl (C=O) groups is 1. The first kappa shape index (κ1) is 9.21. The van der Waals surface area contributed by atoms with Crippen LogP contribution >= 0.6 is 0 Å². The molecule has 76 valence electrons. The van der Waals surface area contributed by atoms with Gasteiger partial charge in [-0.1, -0.05) is 12.1 Å². The van der Waals surface area contributed by atoms with Gasteiger partial charge >= 0.3 is 0 Å². The lowest BCUT2D eigenvalue weighted by molar-refractivity contribution is -0.118. The molecule has 2 unspecified atom stereocenters. The fraction of sp³-hybridized carbons (Fsp3) is 0.556. The van der Waals surface area contributed by atoms with Crippen LogP contribution in [0.3, 0.4) is 0 Å². The minimum Gasteiger partial charge on any atom is -0.363 e. The first-order chi connectivity index (χ1) is 6.77. The number of hydrogen-bond donors (Lipinski definition) is 2. The minimum atomic E-state index is -0.105. The normalized spacial score (nSPS) is 26.4. The van der Waals surface area contributed by atoms with Gasteiger partial charge in [0.25, 0.3) is 0 Å². The Labute approximate surface area is 81.8 Å². The summed E-state index contributed by atoms with van der Waals surface area (Å²) in [5.74, 6) is 0.807. The Kier molecular flexibility index (Phi) is 2.49. The van der Waals surface area contributed by atoms with E-state index < -0.39 is 0 Å². The van der Waals surface area contributed by atoms with Gasteiger partial charge in [-0.05, 0) is 18.9 Å². The average molecular weight is 195 g/mol. The molecule has 2 rings (SSSR count). The van der Waals surface area contributed by atoms with Gasteiger partial charge in [0.15, 0.2) is 5.82 Å². The molecule has 2 atom stereocenters. The second kappa shape index (κ2) is 3.79. The van der Waals surface area contributed by atoms with Gasteiger partial charge in [-0.15, -0.1) is 0 Å². The van der Waals surface area contributed by atoms with E-state index in [2.05, 4.69) is 27.2 Å². The summed E-state index contributed by atoms with van der Waals surface area (Å²) >= 11 is 0. The van der Waals surface area contributed by atoms with Gasteiger partial charge in [0, 0.05) is 6.07 Å². The number of aromatic nitrogens is 1. The number of hydrogen-bond acceptors (Lipinski definition) is 4. The van der Waals surface area contributed by atoms with Crippen LogP contribution in [0.1, 0.15) is 13.3 Å². The van der Waals surface area contributed by atoms with Crippen LogP contribution in [0.25, 0.3) is 0 Å². The molecule has 1 aromatic heterocycles. The van der Waals surface area contributed by atoms with E-state index in [1.165, 1.54) is 6.26 Å². The van der Waals surface area contributed by atoms with E-state index in [1.54, 1.807) is 6.07 Å². The molecular formula is C9H13N3O2. The van der Waals surface area contributed by atoms with Crippen LogP contribution in [0.15, 0.2) is 16.9 Å². The van der Waals surface area contributed by atoms with Crippen molar-refractivity contribution >= 4 is 11.7 Å². The first-order valence-corrected chi connectivity index (χ1v) is 4.72. The summed E-state index contributed by atoms with van der Waals surface area (Å²) in [6.07, 6.45) is 2.47. The van der Waals surface area contributed by atoms with Crippen LogP contribution in [-0.4, -0.2) is 23.7 Å². The van der Waals surface area contributed by atoms with Crippen LogP contribution in [0.4, 0.5) is 5.82 Å². The van der Waals surface area contributed by atoms with E-state index in [0.717, 1.165) is 13.0 Å². The highest BCUT2D eigenvalue weighted by Crippen LogP contribution is 2.15. The average Bonchev–Trinajstić information content (AvgIpc) is 2.75. The van der Waals surface area contributed by atoms with Gasteiger partial charge in [-0.3, -0.25) is 4.79 Å². The lowest BCUT2D eigenvalue weighted by Gasteiger charge is -2.13. The molecule has 0 spiro atoms. The Balaban J connectivity index is 1.95. The second-order valence-corrected chi connectivity index (χ2v) is 3.57. The summed E-state index contributed by atoms with van der Waals surface area (Å²) in [5, 5.41) is 9.45. The Morgan fingerprint density at radius 3 is 3.21 bits per heavy atom. The van der Waals surface area contributed by atoms with Crippen LogP contribution in [0.2, 0.25) is 0 Å². The molecule has 1 saturated heterocycles. The largest absolute Gasteiger partial charge is 0.363 e. The molecule has 1 fully saturated rings. The third-order valence-electron chi connectivity index (χ3n) is 2.50. The molecule has 5 nitrogen and oxygen atoms in total. The smallest absolute Gasteiger partial charge is 0.243 e. The van der Waals surface area contributed by atoms with Gasteiger partial charge in [0.05, 0.1) is 6.04 Å². The molecule has 2 N–H and O–H groups in total. The molecule has 0 bridgehead atoms. The van der Waals surface area contributed by atoms with Gasteiger partial charge in [0.1, 0.15) is 6.26 Å². The monoisotopic (exact) mass is 195 g/mol. The van der Waals surface area contributed by atoms with Crippen molar-refractivity contribution in [1.82, 2.24) is 10.5 Å². The van der Waals surface area contributed by atoms with E-state index in [-0.39, 0.29) is 11.9 Å². The maximum absolute atomic E-state index is 11.7. The lowest BCUT2D eigenvalue weighted by atomic mass is 10.0. The highest BCUT2D eigenvalue weighted by molar-refractivity contribution is 5.94. The second-order valence-electron chi connectivity index (χ2n) is 3.57. The maximum Gasteiger partial charge on any atom is 0.243 e. The topological polar surface area (TPSA) is 67.2 Å². The van der Waals surface area contributed by atoms with Crippen molar-refractivity contribution in [2.24, 2.45) is 5.92 Å². The van der Waals surface area contributed by atoms with Crippen molar-refractivity contribution in [3.05, 3.63) is 12.3 Å². The van der Waals surface area contributed by atoms with Crippen LogP contribution < -0.4 is 10.6 Å². The van der Waals surface area contributed by atoms with E-state index >= 15 is 0 Å². The summed E-state index contributed by atoms with van der Waals surface area (Å²) in [4.78, 5) is 11.7. The van der Waals surface area contributed by atoms with Crippen molar-refractivity contribution < 1.29 is 9.32 Å². The predicted molar refractivity (Wildman–Crippen MR) is 50.7 cm³/mol. The van der Waals surface area contributed by atoms with Crippen molar-refractivity contribution in [3.8, 4) is 0 Å². The highest BCUT2D eigenvalue weighted by atomic mass is 16.5. The number of carbonyl (C=O) groups excluding carboxylic acids is 1. The van der Waals surface area contributed by atoms with E-state index in [4.69, 9.17) is 0 Å². The van der Waals surface area contributed by atoms with Gasteiger partial charge < -0.3 is 15.2 Å². The summed E-state index contributed by atoms with van der Waals surface area (Å²) in [6, 6.07) is 1.52. The molecule has 1 aliphatic heterocycles. The van der Waals surface area contributed by atoms with Crippen molar-refractivity contribution in [2.75, 3.05) is 11.9 Å². The molecule has 0 radical (unpaired) electrons. The molecule has 0 aliphatic carbocycles. The number of amides is 1. The number of anilines is 1. The molecular weight excluding hydrogens is 182 g/mol. The maximum atomic E-state index is 11.7. The molecule has 5 heteroatoms. The Bertz CT molecular complexity index is 310. The van der Waals surface area contributed by atoms with Gasteiger partial charge in [0.2, 0.25) is 5.91 Å². The summed E-state index contributed by atoms with van der Waals surface area (Å²) < 4.78 is 4.62. The molecule has 1 aliphatic rings. The zero-order valence-electron chi connectivity index (χ0n) is 7.99. The van der Waals surface area contributed by atoms with Crippen molar-refractivity contribution in [2.45, 2.75) is 19.4 Å². The standard InChI is InChI=1S/C9H13N3O2/c1-6-2-4-10-8(6)9(13)11-7-3-5-14-12-7/h3,5-6,8,10H,2,4H2,1H3,(H,11,12,13). The number of nitrogens with one attached hydrogen (secondary N) is 2. The van der Waals surface area contributed by atoms with Crippen LogP contribution in [-0.2, 0) is 4.79 Å². The first-order valence-electron chi connectivity index (χ1n) is 4.72. The highest BCUT2D eigenvalue weighted by Gasteiger charge is 2.29. The van der Waals surface area contributed by atoms with Gasteiger partial charge in [-0.2, -0.15) is 0 Å². The Morgan fingerprint density at radius 2 is 2.64 bits per heavy atom. The summed E-state index contributed by atoms with van der Waals surface area (Å²) in [5.41, 5.74) is 0. The molecule has 0 aromatic carbocycles. The van der Waals surface area contributed by atoms with Gasteiger partial charge in [-0.25, -0.2) is 0 Å². The quantitative estimate of drug-likeness (QED) is 0.725.